The predicted molar refractivity (Wildman–Crippen MR) is 66.6 cm³/mol. The Labute approximate surface area is 111 Å². The predicted octanol–water partition coefficient (Wildman–Crippen LogP) is -2.71. The van der Waals surface area contributed by atoms with Gasteiger partial charge in [-0.25, -0.2) is 0 Å². The molecule has 0 bridgehead atoms. The van der Waals surface area contributed by atoms with Gasteiger partial charge in [-0.3, -0.25) is 14.4 Å². The van der Waals surface area contributed by atoms with Gasteiger partial charge in [-0.1, -0.05) is 0 Å². The summed E-state index contributed by atoms with van der Waals surface area (Å²) in [5, 5.41) is 11.9. The largest absolute Gasteiger partial charge is 0.391 e. The minimum absolute atomic E-state index is 0.282. The van der Waals surface area contributed by atoms with Gasteiger partial charge in [0.2, 0.25) is 17.7 Å². The summed E-state index contributed by atoms with van der Waals surface area (Å²) in [5.41, 5.74) is 10.4. The second-order valence-corrected chi connectivity index (χ2v) is 4.58. The SMILES string of the molecule is C[C@@H](O)[C@H](NC(=O)CN)C(=O)N1CCC[C@H]1C(N)=O. The first-order valence-electron chi connectivity index (χ1n) is 6.15. The normalized spacial score (nSPS) is 21.8. The molecule has 108 valence electrons. The van der Waals surface area contributed by atoms with Gasteiger partial charge >= 0.3 is 0 Å². The van der Waals surface area contributed by atoms with Crippen LogP contribution in [0.1, 0.15) is 19.8 Å². The number of carbonyl (C=O) groups is 3. The molecule has 0 aliphatic carbocycles. The lowest BCUT2D eigenvalue weighted by molar-refractivity contribution is -0.142. The summed E-state index contributed by atoms with van der Waals surface area (Å²) < 4.78 is 0. The van der Waals surface area contributed by atoms with Gasteiger partial charge in [-0.15, -0.1) is 0 Å². The number of nitrogens with one attached hydrogen (secondary N) is 1. The number of nitrogens with zero attached hydrogens (tertiary/aromatic N) is 1. The molecule has 1 fully saturated rings. The quantitative estimate of drug-likeness (QED) is 0.431. The highest BCUT2D eigenvalue weighted by molar-refractivity contribution is 5.92. The molecule has 0 unspecified atom stereocenters. The Bertz CT molecular complexity index is 372. The van der Waals surface area contributed by atoms with E-state index in [9.17, 15) is 19.5 Å². The topological polar surface area (TPSA) is 139 Å². The van der Waals surface area contributed by atoms with Crippen molar-refractivity contribution in [3.8, 4) is 0 Å². The van der Waals surface area contributed by atoms with Gasteiger partial charge in [0, 0.05) is 6.54 Å². The van der Waals surface area contributed by atoms with Crippen molar-refractivity contribution in [2.75, 3.05) is 13.1 Å². The van der Waals surface area contributed by atoms with Crippen LogP contribution in [0, 0.1) is 0 Å². The molecule has 1 heterocycles. The van der Waals surface area contributed by atoms with E-state index < -0.39 is 35.9 Å². The van der Waals surface area contributed by atoms with E-state index in [1.807, 2.05) is 0 Å². The lowest BCUT2D eigenvalue weighted by atomic mass is 10.1. The van der Waals surface area contributed by atoms with Gasteiger partial charge in [0.1, 0.15) is 12.1 Å². The van der Waals surface area contributed by atoms with Crippen LogP contribution in [-0.2, 0) is 14.4 Å². The van der Waals surface area contributed by atoms with Crippen LogP contribution < -0.4 is 16.8 Å². The molecule has 0 aromatic heterocycles. The Kier molecular flexibility index (Phi) is 5.25. The Balaban J connectivity index is 2.81. The number of carbonyl (C=O) groups excluding carboxylic acids is 3. The summed E-state index contributed by atoms with van der Waals surface area (Å²) in [6, 6.07) is -1.79. The van der Waals surface area contributed by atoms with Gasteiger partial charge in [0.25, 0.3) is 0 Å². The van der Waals surface area contributed by atoms with Crippen molar-refractivity contribution in [2.45, 2.75) is 38.0 Å². The zero-order valence-corrected chi connectivity index (χ0v) is 10.8. The van der Waals surface area contributed by atoms with Crippen LogP contribution in [0.15, 0.2) is 0 Å². The lowest BCUT2D eigenvalue weighted by Crippen LogP contribution is -2.57. The smallest absolute Gasteiger partial charge is 0.248 e. The number of likely N-dealkylation sites (tertiary alicyclic amines) is 1. The van der Waals surface area contributed by atoms with E-state index in [-0.39, 0.29) is 6.54 Å². The summed E-state index contributed by atoms with van der Waals surface area (Å²) in [5.74, 6) is -1.65. The first-order valence-corrected chi connectivity index (χ1v) is 6.15. The molecular weight excluding hydrogens is 252 g/mol. The van der Waals surface area contributed by atoms with Crippen molar-refractivity contribution in [3.05, 3.63) is 0 Å². The molecule has 0 radical (unpaired) electrons. The molecule has 0 aromatic rings. The summed E-state index contributed by atoms with van der Waals surface area (Å²) in [7, 11) is 0. The summed E-state index contributed by atoms with van der Waals surface area (Å²) in [6.45, 7) is 1.48. The van der Waals surface area contributed by atoms with Gasteiger partial charge in [0.15, 0.2) is 0 Å². The Morgan fingerprint density at radius 3 is 2.58 bits per heavy atom. The van der Waals surface area contributed by atoms with Crippen LogP contribution >= 0.6 is 0 Å². The highest BCUT2D eigenvalue weighted by Gasteiger charge is 2.38. The highest BCUT2D eigenvalue weighted by atomic mass is 16.3. The van der Waals surface area contributed by atoms with Crippen LogP contribution in [0.2, 0.25) is 0 Å². The van der Waals surface area contributed by atoms with Crippen molar-refractivity contribution in [1.29, 1.82) is 0 Å². The Hall–Kier alpha value is -1.67. The maximum Gasteiger partial charge on any atom is 0.248 e. The second kappa shape index (κ2) is 6.48. The Morgan fingerprint density at radius 2 is 2.11 bits per heavy atom. The Morgan fingerprint density at radius 1 is 1.47 bits per heavy atom. The summed E-state index contributed by atoms with van der Waals surface area (Å²) in [4.78, 5) is 36.1. The van der Waals surface area contributed by atoms with Crippen LogP contribution in [0.4, 0.5) is 0 Å². The van der Waals surface area contributed by atoms with E-state index in [4.69, 9.17) is 11.5 Å². The molecule has 8 nitrogen and oxygen atoms in total. The maximum absolute atomic E-state index is 12.3. The molecule has 1 rings (SSSR count). The van der Waals surface area contributed by atoms with Gasteiger partial charge in [0.05, 0.1) is 12.6 Å². The highest BCUT2D eigenvalue weighted by Crippen LogP contribution is 2.18. The minimum atomic E-state index is -1.11. The average Bonchev–Trinajstić information content (AvgIpc) is 2.83. The fourth-order valence-electron chi connectivity index (χ4n) is 2.13. The molecular formula is C11H20N4O4. The molecule has 19 heavy (non-hydrogen) atoms. The third-order valence-electron chi connectivity index (χ3n) is 3.11. The lowest BCUT2D eigenvalue weighted by Gasteiger charge is -2.29. The number of hydrogen-bond acceptors (Lipinski definition) is 5. The van der Waals surface area contributed by atoms with Crippen molar-refractivity contribution < 1.29 is 19.5 Å². The van der Waals surface area contributed by atoms with E-state index >= 15 is 0 Å². The fourth-order valence-corrected chi connectivity index (χ4v) is 2.13. The van der Waals surface area contributed by atoms with Crippen LogP contribution in [0.3, 0.4) is 0 Å². The number of primary amides is 1. The molecule has 1 aliphatic heterocycles. The zero-order valence-electron chi connectivity index (χ0n) is 10.8. The van der Waals surface area contributed by atoms with Gasteiger partial charge < -0.3 is 26.8 Å². The van der Waals surface area contributed by atoms with Crippen LogP contribution in [0.25, 0.3) is 0 Å². The number of amides is 3. The van der Waals surface area contributed by atoms with E-state index in [0.717, 1.165) is 0 Å². The monoisotopic (exact) mass is 272 g/mol. The molecule has 1 aliphatic rings. The van der Waals surface area contributed by atoms with Crippen molar-refractivity contribution >= 4 is 17.7 Å². The molecule has 3 amide bonds. The molecule has 6 N–H and O–H groups in total. The van der Waals surface area contributed by atoms with Crippen molar-refractivity contribution in [2.24, 2.45) is 11.5 Å². The molecule has 0 spiro atoms. The fraction of sp³-hybridized carbons (Fsp3) is 0.727. The third kappa shape index (κ3) is 3.65. The summed E-state index contributed by atoms with van der Waals surface area (Å²) >= 11 is 0. The number of aliphatic hydroxyl groups is 1. The van der Waals surface area contributed by atoms with E-state index in [2.05, 4.69) is 5.32 Å². The van der Waals surface area contributed by atoms with Crippen molar-refractivity contribution in [1.82, 2.24) is 10.2 Å². The van der Waals surface area contributed by atoms with Gasteiger partial charge in [-0.05, 0) is 19.8 Å². The maximum atomic E-state index is 12.3. The van der Waals surface area contributed by atoms with Crippen molar-refractivity contribution in [3.63, 3.8) is 0 Å². The number of rotatable bonds is 5. The van der Waals surface area contributed by atoms with E-state index in [1.165, 1.54) is 11.8 Å². The number of nitrogens with two attached hydrogens (primary N) is 2. The first kappa shape index (κ1) is 15.4. The second-order valence-electron chi connectivity index (χ2n) is 4.58. The standard InChI is InChI=1S/C11H20N4O4/c1-6(16)9(14-8(17)5-12)11(19)15-4-2-3-7(15)10(13)18/h6-7,9,16H,2-5,12H2,1H3,(H2,13,18)(H,14,17)/t6-,7+,9+/m1/s1. The zero-order chi connectivity index (χ0) is 14.6. The summed E-state index contributed by atoms with van der Waals surface area (Å²) in [6.07, 6.45) is 0.0759. The average molecular weight is 272 g/mol. The first-order chi connectivity index (χ1) is 8.88. The van der Waals surface area contributed by atoms with Crippen LogP contribution in [0.5, 0.6) is 0 Å². The van der Waals surface area contributed by atoms with Crippen LogP contribution in [-0.4, -0.2) is 59.0 Å². The van der Waals surface area contributed by atoms with E-state index in [1.54, 1.807) is 0 Å². The number of hydrogen-bond donors (Lipinski definition) is 4. The molecule has 0 saturated carbocycles. The minimum Gasteiger partial charge on any atom is -0.391 e. The number of aliphatic hydroxyl groups excluding tert-OH is 1. The molecule has 1 saturated heterocycles. The molecule has 3 atom stereocenters. The van der Waals surface area contributed by atoms with Gasteiger partial charge in [-0.2, -0.15) is 0 Å². The molecule has 0 aromatic carbocycles. The van der Waals surface area contributed by atoms with E-state index in [0.29, 0.717) is 19.4 Å². The molecule has 8 heteroatoms. The third-order valence-corrected chi connectivity index (χ3v) is 3.11.